The number of ether oxygens (including phenoxy) is 1. The molecule has 3 heteroatoms. The Hall–Kier alpha value is -0.410. The summed E-state index contributed by atoms with van der Waals surface area (Å²) in [6.07, 6.45) is 7.10. The smallest absolute Gasteiger partial charge is 0.143 e. The predicted octanol–water partition coefficient (Wildman–Crippen LogP) is 2.67. The molecule has 1 heterocycles. The van der Waals surface area contributed by atoms with Crippen LogP contribution in [0, 0.1) is 11.3 Å². The van der Waals surface area contributed by atoms with Gasteiger partial charge in [0.05, 0.1) is 5.60 Å². The minimum Gasteiger partial charge on any atom is -0.375 e. The van der Waals surface area contributed by atoms with Gasteiger partial charge in [0.15, 0.2) is 0 Å². The Morgan fingerprint density at radius 1 is 1.39 bits per heavy atom. The highest BCUT2D eigenvalue weighted by Gasteiger charge is 2.47. The molecule has 1 saturated heterocycles. The van der Waals surface area contributed by atoms with Crippen LogP contribution in [0.4, 0.5) is 0 Å². The summed E-state index contributed by atoms with van der Waals surface area (Å²) >= 11 is 0. The Morgan fingerprint density at radius 2 is 2.06 bits per heavy atom. The lowest BCUT2D eigenvalue weighted by Gasteiger charge is -2.48. The summed E-state index contributed by atoms with van der Waals surface area (Å²) in [4.78, 5) is 12.8. The normalized spacial score (nSPS) is 26.9. The number of carbonyl (C=O) groups is 1. The molecule has 2 aliphatic rings. The second-order valence-electron chi connectivity index (χ2n) is 6.13. The molecule has 2 fully saturated rings. The zero-order valence-electron chi connectivity index (χ0n) is 11.8. The molecule has 3 nitrogen and oxygen atoms in total. The molecule has 0 radical (unpaired) electrons. The maximum atomic E-state index is 12.8. The Labute approximate surface area is 110 Å². The van der Waals surface area contributed by atoms with Crippen LogP contribution in [0.3, 0.4) is 0 Å². The molecule has 1 spiro atoms. The van der Waals surface area contributed by atoms with Crippen LogP contribution >= 0.6 is 0 Å². The molecule has 104 valence electrons. The van der Waals surface area contributed by atoms with Gasteiger partial charge in [0, 0.05) is 24.5 Å². The fraction of sp³-hybridized carbons (Fsp3) is 0.933. The second-order valence-corrected chi connectivity index (χ2v) is 6.13. The molecule has 18 heavy (non-hydrogen) atoms. The molecule has 1 atom stereocenters. The Balaban J connectivity index is 2.07. The van der Waals surface area contributed by atoms with Gasteiger partial charge in [-0.1, -0.05) is 13.8 Å². The van der Waals surface area contributed by atoms with Gasteiger partial charge in [0.2, 0.25) is 0 Å². The van der Waals surface area contributed by atoms with E-state index in [9.17, 15) is 4.79 Å². The Morgan fingerprint density at radius 3 is 2.50 bits per heavy atom. The summed E-state index contributed by atoms with van der Waals surface area (Å²) in [5, 5.41) is 0. The number of Topliss-reactive ketones (excluding diaryl/α,β-unsaturated/α-hetero) is 1. The molecule has 0 bridgehead atoms. The molecule has 0 aromatic heterocycles. The molecule has 0 aromatic carbocycles. The molecule has 1 saturated carbocycles. The van der Waals surface area contributed by atoms with Crippen LogP contribution in [0.5, 0.6) is 0 Å². The highest BCUT2D eigenvalue weighted by Crippen LogP contribution is 2.46. The molecular formula is C15H27NO2. The van der Waals surface area contributed by atoms with Crippen molar-refractivity contribution in [3.63, 3.8) is 0 Å². The van der Waals surface area contributed by atoms with Gasteiger partial charge in [0.25, 0.3) is 0 Å². The van der Waals surface area contributed by atoms with Crippen molar-refractivity contribution in [2.75, 3.05) is 13.2 Å². The van der Waals surface area contributed by atoms with Crippen molar-refractivity contribution < 1.29 is 9.53 Å². The number of hydrogen-bond donors (Lipinski definition) is 1. The lowest BCUT2D eigenvalue weighted by molar-refractivity contribution is -0.161. The van der Waals surface area contributed by atoms with Crippen LogP contribution in [-0.4, -0.2) is 24.5 Å². The van der Waals surface area contributed by atoms with E-state index in [0.717, 1.165) is 45.1 Å². The second kappa shape index (κ2) is 5.30. The molecule has 1 aliphatic heterocycles. The number of ketones is 1. The summed E-state index contributed by atoms with van der Waals surface area (Å²) < 4.78 is 5.91. The van der Waals surface area contributed by atoms with E-state index in [1.54, 1.807) is 0 Å². The van der Waals surface area contributed by atoms with Crippen LogP contribution in [0.15, 0.2) is 0 Å². The standard InChI is InChI=1S/C15H27NO2/c1-3-14(4-2,11-16)13(17)12-6-9-18-15(10-12)7-5-8-15/h12H,3-11,16H2,1-2H3. The predicted molar refractivity (Wildman–Crippen MR) is 72.3 cm³/mol. The molecule has 0 aromatic rings. The number of hydrogen-bond acceptors (Lipinski definition) is 3. The van der Waals surface area contributed by atoms with Gasteiger partial charge in [-0.25, -0.2) is 0 Å². The van der Waals surface area contributed by atoms with Crippen molar-refractivity contribution in [1.29, 1.82) is 0 Å². The lowest BCUT2D eigenvalue weighted by Crippen LogP contribution is -2.50. The minimum absolute atomic E-state index is 0.0560. The van der Waals surface area contributed by atoms with Gasteiger partial charge in [-0.15, -0.1) is 0 Å². The molecular weight excluding hydrogens is 226 g/mol. The first-order valence-electron chi connectivity index (χ1n) is 7.50. The van der Waals surface area contributed by atoms with Crippen LogP contribution in [-0.2, 0) is 9.53 Å². The van der Waals surface area contributed by atoms with Gasteiger partial charge in [-0.3, -0.25) is 4.79 Å². The summed E-state index contributed by atoms with van der Waals surface area (Å²) in [6.45, 7) is 5.42. The minimum atomic E-state index is -0.285. The van der Waals surface area contributed by atoms with Crippen molar-refractivity contribution in [3.05, 3.63) is 0 Å². The molecule has 1 aliphatic carbocycles. The topological polar surface area (TPSA) is 52.3 Å². The summed E-state index contributed by atoms with van der Waals surface area (Å²) in [5.41, 5.74) is 5.67. The lowest BCUT2D eigenvalue weighted by atomic mass is 9.66. The third kappa shape index (κ3) is 2.23. The fourth-order valence-corrected chi connectivity index (χ4v) is 3.59. The summed E-state index contributed by atoms with van der Waals surface area (Å²) in [6, 6.07) is 0. The van der Waals surface area contributed by atoms with E-state index in [1.165, 1.54) is 6.42 Å². The van der Waals surface area contributed by atoms with Gasteiger partial charge in [-0.05, 0) is 44.9 Å². The largest absolute Gasteiger partial charge is 0.375 e. The monoisotopic (exact) mass is 253 g/mol. The third-order valence-electron chi connectivity index (χ3n) is 5.40. The average Bonchev–Trinajstić information content (AvgIpc) is 2.39. The molecule has 0 amide bonds. The Bertz CT molecular complexity index is 297. The first-order chi connectivity index (χ1) is 8.61. The SMILES string of the molecule is CCC(CC)(CN)C(=O)C1CCOC2(CCC2)C1. The molecule has 2 rings (SSSR count). The van der Waals surface area contributed by atoms with E-state index in [1.807, 2.05) is 0 Å². The van der Waals surface area contributed by atoms with Crippen LogP contribution in [0.2, 0.25) is 0 Å². The maximum Gasteiger partial charge on any atom is 0.143 e. The van der Waals surface area contributed by atoms with E-state index in [2.05, 4.69) is 13.8 Å². The van der Waals surface area contributed by atoms with Crippen molar-refractivity contribution in [2.45, 2.75) is 64.4 Å². The van der Waals surface area contributed by atoms with Crippen molar-refractivity contribution in [2.24, 2.45) is 17.1 Å². The summed E-state index contributed by atoms with van der Waals surface area (Å²) in [7, 11) is 0. The van der Waals surface area contributed by atoms with Crippen molar-refractivity contribution in [1.82, 2.24) is 0 Å². The van der Waals surface area contributed by atoms with E-state index in [4.69, 9.17) is 10.5 Å². The van der Waals surface area contributed by atoms with Gasteiger partial charge in [-0.2, -0.15) is 0 Å². The summed E-state index contributed by atoms with van der Waals surface area (Å²) in [5.74, 6) is 0.590. The fourth-order valence-electron chi connectivity index (χ4n) is 3.59. The highest BCUT2D eigenvalue weighted by molar-refractivity contribution is 5.87. The average molecular weight is 253 g/mol. The van der Waals surface area contributed by atoms with E-state index < -0.39 is 0 Å². The maximum absolute atomic E-state index is 12.8. The van der Waals surface area contributed by atoms with E-state index >= 15 is 0 Å². The van der Waals surface area contributed by atoms with Crippen LogP contribution in [0.1, 0.15) is 58.8 Å². The molecule has 1 unspecified atom stereocenters. The van der Waals surface area contributed by atoms with Crippen molar-refractivity contribution in [3.8, 4) is 0 Å². The number of rotatable bonds is 5. The third-order valence-corrected chi connectivity index (χ3v) is 5.40. The van der Waals surface area contributed by atoms with E-state index in [-0.39, 0.29) is 16.9 Å². The Kier molecular flexibility index (Phi) is 4.12. The highest BCUT2D eigenvalue weighted by atomic mass is 16.5. The van der Waals surface area contributed by atoms with Gasteiger partial charge in [0.1, 0.15) is 5.78 Å². The van der Waals surface area contributed by atoms with Crippen molar-refractivity contribution >= 4 is 5.78 Å². The van der Waals surface area contributed by atoms with E-state index in [0.29, 0.717) is 12.3 Å². The zero-order valence-corrected chi connectivity index (χ0v) is 11.8. The van der Waals surface area contributed by atoms with Gasteiger partial charge >= 0.3 is 0 Å². The number of carbonyl (C=O) groups excluding carboxylic acids is 1. The van der Waals surface area contributed by atoms with Crippen LogP contribution in [0.25, 0.3) is 0 Å². The molecule has 2 N–H and O–H groups in total. The number of nitrogens with two attached hydrogens (primary N) is 1. The van der Waals surface area contributed by atoms with Gasteiger partial charge < -0.3 is 10.5 Å². The zero-order chi connectivity index (χ0) is 13.2. The quantitative estimate of drug-likeness (QED) is 0.819. The first-order valence-corrected chi connectivity index (χ1v) is 7.50. The van der Waals surface area contributed by atoms with Crippen LogP contribution < -0.4 is 5.73 Å². The first kappa shape index (κ1) is 14.0.